The average molecular weight is 299 g/mol. The number of hydrogen-bond acceptors (Lipinski definition) is 4. The maximum absolute atomic E-state index is 4.96. The molecule has 0 amide bonds. The molecule has 22 heavy (non-hydrogen) atoms. The van der Waals surface area contributed by atoms with Crippen LogP contribution in [0.3, 0.4) is 0 Å². The molecule has 1 atom stereocenters. The van der Waals surface area contributed by atoms with Crippen LogP contribution in [0.15, 0.2) is 18.3 Å². The molecule has 4 heterocycles. The second kappa shape index (κ2) is 5.97. The number of pyridine rings is 1. The van der Waals surface area contributed by atoms with Crippen LogP contribution in [0, 0.1) is 5.92 Å². The second-order valence-corrected chi connectivity index (χ2v) is 6.86. The average Bonchev–Trinajstić information content (AvgIpc) is 3.17. The van der Waals surface area contributed by atoms with E-state index in [1.165, 1.54) is 38.2 Å². The summed E-state index contributed by atoms with van der Waals surface area (Å²) in [6.45, 7) is 5.67. The Balaban J connectivity index is 1.69. The number of likely N-dealkylation sites (tertiary alicyclic amines) is 1. The summed E-state index contributed by atoms with van der Waals surface area (Å²) in [4.78, 5) is 12.0. The van der Waals surface area contributed by atoms with Gasteiger partial charge in [0.25, 0.3) is 0 Å². The molecule has 0 saturated carbocycles. The van der Waals surface area contributed by atoms with Gasteiger partial charge in [-0.2, -0.15) is 0 Å². The molecule has 0 bridgehead atoms. The zero-order chi connectivity index (χ0) is 14.9. The van der Waals surface area contributed by atoms with Crippen LogP contribution >= 0.6 is 0 Å². The van der Waals surface area contributed by atoms with Gasteiger partial charge in [0.05, 0.1) is 0 Å². The maximum atomic E-state index is 4.96. The first-order chi connectivity index (χ1) is 10.8. The summed E-state index contributed by atoms with van der Waals surface area (Å²) < 4.78 is 2.42. The van der Waals surface area contributed by atoms with E-state index in [0.717, 1.165) is 30.8 Å². The van der Waals surface area contributed by atoms with Crippen molar-refractivity contribution in [2.75, 3.05) is 33.2 Å². The molecule has 1 unspecified atom stereocenters. The Hall–Kier alpha value is -1.46. The van der Waals surface area contributed by atoms with Gasteiger partial charge in [-0.25, -0.2) is 9.97 Å². The standard InChI is InChI=1S/C17H25N5/c1-21-9-5-14(6-10-21)16-20-15-3-2-7-19-17(15)22(16)12-13-4-8-18-11-13/h2-3,7,13-14,18H,4-6,8-12H2,1H3. The van der Waals surface area contributed by atoms with E-state index in [-0.39, 0.29) is 0 Å². The van der Waals surface area contributed by atoms with Gasteiger partial charge in [0.2, 0.25) is 0 Å². The zero-order valence-electron chi connectivity index (χ0n) is 13.3. The molecule has 5 heteroatoms. The Kier molecular flexibility index (Phi) is 3.84. The Morgan fingerprint density at radius 3 is 2.91 bits per heavy atom. The van der Waals surface area contributed by atoms with Gasteiger partial charge in [-0.3, -0.25) is 0 Å². The third-order valence-electron chi connectivity index (χ3n) is 5.22. The number of fused-ring (bicyclic) bond motifs is 1. The highest BCUT2D eigenvalue weighted by Gasteiger charge is 2.26. The van der Waals surface area contributed by atoms with Crippen LogP contribution in [0.1, 0.15) is 31.0 Å². The minimum atomic E-state index is 0.583. The van der Waals surface area contributed by atoms with Gasteiger partial charge in [-0.05, 0) is 70.5 Å². The summed E-state index contributed by atoms with van der Waals surface area (Å²) in [6.07, 6.45) is 5.58. The molecular weight excluding hydrogens is 274 g/mol. The fourth-order valence-corrected chi connectivity index (χ4v) is 3.86. The molecule has 4 rings (SSSR count). The number of nitrogens with one attached hydrogen (secondary N) is 1. The Morgan fingerprint density at radius 2 is 2.14 bits per heavy atom. The molecule has 2 fully saturated rings. The van der Waals surface area contributed by atoms with Gasteiger partial charge in [0.1, 0.15) is 11.3 Å². The highest BCUT2D eigenvalue weighted by Crippen LogP contribution is 2.30. The number of aromatic nitrogens is 3. The predicted octanol–water partition coefficient (Wildman–Crippen LogP) is 1.85. The highest BCUT2D eigenvalue weighted by molar-refractivity contribution is 5.71. The van der Waals surface area contributed by atoms with Crippen LogP contribution in [-0.2, 0) is 6.54 Å². The van der Waals surface area contributed by atoms with Crippen LogP contribution in [-0.4, -0.2) is 52.7 Å². The lowest BCUT2D eigenvalue weighted by Gasteiger charge is -2.29. The molecule has 1 N–H and O–H groups in total. The molecule has 0 radical (unpaired) electrons. The summed E-state index contributed by atoms with van der Waals surface area (Å²) in [5.74, 6) is 2.57. The number of nitrogens with zero attached hydrogens (tertiary/aromatic N) is 4. The first-order valence-corrected chi connectivity index (χ1v) is 8.51. The van der Waals surface area contributed by atoms with Crippen molar-refractivity contribution in [1.29, 1.82) is 0 Å². The van der Waals surface area contributed by atoms with E-state index >= 15 is 0 Å². The van der Waals surface area contributed by atoms with E-state index < -0.39 is 0 Å². The monoisotopic (exact) mass is 299 g/mol. The van der Waals surface area contributed by atoms with Crippen LogP contribution in [0.5, 0.6) is 0 Å². The van der Waals surface area contributed by atoms with Crippen LogP contribution < -0.4 is 5.32 Å². The van der Waals surface area contributed by atoms with Crippen molar-refractivity contribution in [2.24, 2.45) is 5.92 Å². The van der Waals surface area contributed by atoms with Crippen molar-refractivity contribution in [3.8, 4) is 0 Å². The zero-order valence-corrected chi connectivity index (χ0v) is 13.3. The third kappa shape index (κ3) is 2.63. The second-order valence-electron chi connectivity index (χ2n) is 6.86. The molecule has 0 aromatic carbocycles. The van der Waals surface area contributed by atoms with E-state index in [1.54, 1.807) is 0 Å². The van der Waals surface area contributed by atoms with Crippen molar-refractivity contribution in [1.82, 2.24) is 24.8 Å². The lowest BCUT2D eigenvalue weighted by molar-refractivity contribution is 0.247. The first kappa shape index (κ1) is 14.2. The largest absolute Gasteiger partial charge is 0.316 e. The molecule has 0 spiro atoms. The minimum absolute atomic E-state index is 0.583. The van der Waals surface area contributed by atoms with Crippen LogP contribution in [0.2, 0.25) is 0 Å². The SMILES string of the molecule is CN1CCC(c2nc3cccnc3n2CC2CCNC2)CC1. The predicted molar refractivity (Wildman–Crippen MR) is 88.0 cm³/mol. The van der Waals surface area contributed by atoms with Crippen molar-refractivity contribution in [3.05, 3.63) is 24.2 Å². The van der Waals surface area contributed by atoms with Gasteiger partial charge >= 0.3 is 0 Å². The summed E-state index contributed by atoms with van der Waals surface area (Å²) in [5.41, 5.74) is 2.13. The molecule has 5 nitrogen and oxygen atoms in total. The Morgan fingerprint density at radius 1 is 1.27 bits per heavy atom. The van der Waals surface area contributed by atoms with Crippen molar-refractivity contribution >= 4 is 11.2 Å². The van der Waals surface area contributed by atoms with Gasteiger partial charge in [-0.15, -0.1) is 0 Å². The summed E-state index contributed by atoms with van der Waals surface area (Å²) in [6, 6.07) is 4.10. The van der Waals surface area contributed by atoms with E-state index in [9.17, 15) is 0 Å². The van der Waals surface area contributed by atoms with E-state index in [2.05, 4.69) is 32.9 Å². The molecule has 2 aliphatic heterocycles. The van der Waals surface area contributed by atoms with Gasteiger partial charge < -0.3 is 14.8 Å². The maximum Gasteiger partial charge on any atom is 0.160 e. The molecule has 2 aromatic heterocycles. The van der Waals surface area contributed by atoms with E-state index in [1.807, 2.05) is 12.3 Å². The lowest BCUT2D eigenvalue weighted by atomic mass is 9.96. The van der Waals surface area contributed by atoms with Crippen molar-refractivity contribution < 1.29 is 0 Å². The Labute approximate surface area is 131 Å². The number of hydrogen-bond donors (Lipinski definition) is 1. The fraction of sp³-hybridized carbons (Fsp3) is 0.647. The number of piperidine rings is 1. The summed E-state index contributed by atoms with van der Waals surface area (Å²) >= 11 is 0. The van der Waals surface area contributed by atoms with Crippen molar-refractivity contribution in [3.63, 3.8) is 0 Å². The molecule has 2 aromatic rings. The van der Waals surface area contributed by atoms with Crippen LogP contribution in [0.4, 0.5) is 0 Å². The summed E-state index contributed by atoms with van der Waals surface area (Å²) in [5, 5.41) is 3.48. The molecule has 2 aliphatic rings. The number of imidazole rings is 1. The lowest BCUT2D eigenvalue weighted by Crippen LogP contribution is -2.30. The van der Waals surface area contributed by atoms with Gasteiger partial charge in [0.15, 0.2) is 5.65 Å². The van der Waals surface area contributed by atoms with Gasteiger partial charge in [0, 0.05) is 18.7 Å². The van der Waals surface area contributed by atoms with Crippen LogP contribution in [0.25, 0.3) is 11.2 Å². The smallest absolute Gasteiger partial charge is 0.160 e. The quantitative estimate of drug-likeness (QED) is 0.939. The molecule has 118 valence electrons. The third-order valence-corrected chi connectivity index (χ3v) is 5.22. The summed E-state index contributed by atoms with van der Waals surface area (Å²) in [7, 11) is 2.21. The normalized spacial score (nSPS) is 24.3. The van der Waals surface area contributed by atoms with E-state index in [0.29, 0.717) is 11.8 Å². The molecular formula is C17H25N5. The number of rotatable bonds is 3. The highest BCUT2D eigenvalue weighted by atomic mass is 15.2. The van der Waals surface area contributed by atoms with Gasteiger partial charge in [-0.1, -0.05) is 0 Å². The molecule has 0 aliphatic carbocycles. The van der Waals surface area contributed by atoms with E-state index in [4.69, 9.17) is 4.98 Å². The first-order valence-electron chi connectivity index (χ1n) is 8.51. The fourth-order valence-electron chi connectivity index (χ4n) is 3.86. The topological polar surface area (TPSA) is 46.0 Å². The van der Waals surface area contributed by atoms with Crippen molar-refractivity contribution in [2.45, 2.75) is 31.7 Å². The minimum Gasteiger partial charge on any atom is -0.316 e. The molecule has 2 saturated heterocycles. The Bertz CT molecular complexity index is 636.